The van der Waals surface area contributed by atoms with Crippen molar-refractivity contribution in [2.75, 3.05) is 25.5 Å². The molecule has 1 aromatic rings. The highest BCUT2D eigenvalue weighted by molar-refractivity contribution is 9.09. The van der Waals surface area contributed by atoms with E-state index in [-0.39, 0.29) is 5.97 Å². The van der Waals surface area contributed by atoms with Crippen LogP contribution in [0.15, 0.2) is 24.5 Å². The molecule has 2 heterocycles. The van der Waals surface area contributed by atoms with Crippen LogP contribution in [0, 0.1) is 5.92 Å². The van der Waals surface area contributed by atoms with Crippen molar-refractivity contribution in [1.82, 2.24) is 9.88 Å². The number of carbonyl (C=O) groups excluding carboxylic acids is 2. The second-order valence-electron chi connectivity index (χ2n) is 7.29. The lowest BCUT2D eigenvalue weighted by atomic mass is 9.84. The van der Waals surface area contributed by atoms with Crippen molar-refractivity contribution in [3.8, 4) is 0 Å². The molecule has 1 atom stereocenters. The molecule has 1 aliphatic heterocycles. The average molecular weight is 439 g/mol. The summed E-state index contributed by atoms with van der Waals surface area (Å²) in [7, 11) is 1.44. The quantitative estimate of drug-likeness (QED) is 0.403. The smallest absolute Gasteiger partial charge is 0.305 e. The zero-order valence-electron chi connectivity index (χ0n) is 16.2. The van der Waals surface area contributed by atoms with E-state index in [0.29, 0.717) is 30.6 Å². The van der Waals surface area contributed by atoms with Crippen molar-refractivity contribution in [3.05, 3.63) is 30.1 Å². The Morgan fingerprint density at radius 3 is 2.70 bits per heavy atom. The van der Waals surface area contributed by atoms with Crippen molar-refractivity contribution in [1.29, 1.82) is 0 Å². The number of carbonyl (C=O) groups is 2. The fourth-order valence-electron chi connectivity index (χ4n) is 3.77. The van der Waals surface area contributed by atoms with Crippen LogP contribution in [0.1, 0.15) is 62.8 Å². The molecular weight excluding hydrogens is 408 g/mol. The van der Waals surface area contributed by atoms with E-state index in [1.54, 1.807) is 6.20 Å². The molecule has 1 aliphatic rings. The summed E-state index contributed by atoms with van der Waals surface area (Å²) in [6, 6.07) is 4.05. The number of pyridine rings is 1. The minimum absolute atomic E-state index is 0.154. The van der Waals surface area contributed by atoms with Gasteiger partial charge in [0, 0.05) is 43.7 Å². The number of piperidine rings is 1. The Kier molecular flexibility index (Phi) is 9.81. The van der Waals surface area contributed by atoms with Gasteiger partial charge in [0.15, 0.2) is 0 Å². The molecule has 0 N–H and O–H groups in total. The third kappa shape index (κ3) is 7.60. The Morgan fingerprint density at radius 2 is 2.07 bits per heavy atom. The van der Waals surface area contributed by atoms with Crippen LogP contribution in [-0.2, 0) is 14.3 Å². The lowest BCUT2D eigenvalue weighted by molar-refractivity contribution is -0.140. The predicted molar refractivity (Wildman–Crippen MR) is 110 cm³/mol. The molecule has 0 spiro atoms. The van der Waals surface area contributed by atoms with Gasteiger partial charge in [-0.3, -0.25) is 14.6 Å². The summed E-state index contributed by atoms with van der Waals surface area (Å²) in [5, 5.41) is 0.885. The number of likely N-dealkylation sites (tertiary alicyclic amines) is 1. The Hall–Kier alpha value is -1.43. The number of rotatable bonds is 10. The monoisotopic (exact) mass is 438 g/mol. The first-order valence-corrected chi connectivity index (χ1v) is 11.1. The van der Waals surface area contributed by atoms with Crippen molar-refractivity contribution in [2.45, 2.75) is 57.3 Å². The van der Waals surface area contributed by atoms with E-state index in [4.69, 9.17) is 4.74 Å². The minimum atomic E-state index is -0.154. The number of aromatic nitrogens is 1. The molecule has 6 heteroatoms. The van der Waals surface area contributed by atoms with Crippen molar-refractivity contribution in [3.63, 3.8) is 0 Å². The molecule has 5 nitrogen and oxygen atoms in total. The van der Waals surface area contributed by atoms with Crippen LogP contribution < -0.4 is 0 Å². The van der Waals surface area contributed by atoms with Gasteiger partial charge in [-0.05, 0) is 62.0 Å². The molecule has 1 unspecified atom stereocenters. The third-order valence-electron chi connectivity index (χ3n) is 5.50. The SMILES string of the molecule is COC(=O)CCC(CCC1CCN(C(=O)CCCBr)CC1)c1cccnc1. The van der Waals surface area contributed by atoms with Gasteiger partial charge < -0.3 is 9.64 Å². The number of alkyl halides is 1. The normalized spacial score (nSPS) is 16.1. The van der Waals surface area contributed by atoms with Crippen molar-refractivity contribution < 1.29 is 14.3 Å². The Balaban J connectivity index is 1.81. The van der Waals surface area contributed by atoms with Crippen LogP contribution in [-0.4, -0.2) is 47.3 Å². The maximum absolute atomic E-state index is 12.1. The fourth-order valence-corrected chi connectivity index (χ4v) is 4.05. The summed E-state index contributed by atoms with van der Waals surface area (Å²) in [5.74, 6) is 1.12. The zero-order chi connectivity index (χ0) is 19.5. The van der Waals surface area contributed by atoms with Gasteiger partial charge in [0.2, 0.25) is 5.91 Å². The molecule has 0 bridgehead atoms. The first-order chi connectivity index (χ1) is 13.1. The van der Waals surface area contributed by atoms with E-state index in [9.17, 15) is 9.59 Å². The van der Waals surface area contributed by atoms with Crippen LogP contribution in [0.25, 0.3) is 0 Å². The van der Waals surface area contributed by atoms with E-state index < -0.39 is 0 Å². The van der Waals surface area contributed by atoms with Gasteiger partial charge >= 0.3 is 5.97 Å². The van der Waals surface area contributed by atoms with Gasteiger partial charge in [-0.25, -0.2) is 0 Å². The molecule has 27 heavy (non-hydrogen) atoms. The zero-order valence-corrected chi connectivity index (χ0v) is 17.8. The van der Waals surface area contributed by atoms with Crippen LogP contribution in [0.4, 0.5) is 0 Å². The molecule has 0 radical (unpaired) electrons. The van der Waals surface area contributed by atoms with Gasteiger partial charge in [-0.1, -0.05) is 22.0 Å². The number of halogens is 1. The van der Waals surface area contributed by atoms with Gasteiger partial charge in [-0.15, -0.1) is 0 Å². The first-order valence-electron chi connectivity index (χ1n) is 9.94. The lowest BCUT2D eigenvalue weighted by Gasteiger charge is -2.32. The molecular formula is C21H31BrN2O3. The Morgan fingerprint density at radius 1 is 1.30 bits per heavy atom. The van der Waals surface area contributed by atoms with Crippen molar-refractivity contribution in [2.24, 2.45) is 5.92 Å². The third-order valence-corrected chi connectivity index (χ3v) is 6.06. The number of methoxy groups -OCH3 is 1. The highest BCUT2D eigenvalue weighted by atomic mass is 79.9. The first kappa shape index (κ1) is 21.9. The van der Waals surface area contributed by atoms with E-state index in [1.807, 2.05) is 17.2 Å². The Bertz CT molecular complexity index is 574. The number of esters is 1. The average Bonchev–Trinajstić information content (AvgIpc) is 2.72. The van der Waals surface area contributed by atoms with E-state index in [2.05, 4.69) is 27.0 Å². The van der Waals surface area contributed by atoms with E-state index in [1.165, 1.54) is 12.7 Å². The molecule has 1 amide bonds. The van der Waals surface area contributed by atoms with E-state index in [0.717, 1.165) is 56.9 Å². The number of hydrogen-bond acceptors (Lipinski definition) is 4. The maximum atomic E-state index is 12.1. The van der Waals surface area contributed by atoms with E-state index >= 15 is 0 Å². The molecule has 0 saturated carbocycles. The van der Waals surface area contributed by atoms with Gasteiger partial charge in [-0.2, -0.15) is 0 Å². The van der Waals surface area contributed by atoms with Crippen LogP contribution in [0.5, 0.6) is 0 Å². The van der Waals surface area contributed by atoms with Gasteiger partial charge in [0.1, 0.15) is 0 Å². The summed E-state index contributed by atoms with van der Waals surface area (Å²) in [4.78, 5) is 30.0. The highest BCUT2D eigenvalue weighted by Crippen LogP contribution is 2.31. The van der Waals surface area contributed by atoms with Gasteiger partial charge in [0.25, 0.3) is 0 Å². The number of nitrogens with zero attached hydrogens (tertiary/aromatic N) is 2. The Labute approximate surface area is 171 Å². The number of hydrogen-bond donors (Lipinski definition) is 0. The molecule has 150 valence electrons. The molecule has 2 rings (SSSR count). The highest BCUT2D eigenvalue weighted by Gasteiger charge is 2.24. The number of amides is 1. The summed E-state index contributed by atoms with van der Waals surface area (Å²) in [5.41, 5.74) is 1.20. The molecule has 1 fully saturated rings. The summed E-state index contributed by atoms with van der Waals surface area (Å²) in [6.07, 6.45) is 10.8. The van der Waals surface area contributed by atoms with Crippen LogP contribution in [0.3, 0.4) is 0 Å². The fraction of sp³-hybridized carbons (Fsp3) is 0.667. The van der Waals surface area contributed by atoms with Gasteiger partial charge in [0.05, 0.1) is 7.11 Å². The molecule has 0 aliphatic carbocycles. The second-order valence-corrected chi connectivity index (χ2v) is 8.09. The summed E-state index contributed by atoms with van der Waals surface area (Å²) < 4.78 is 4.80. The van der Waals surface area contributed by atoms with Crippen LogP contribution in [0.2, 0.25) is 0 Å². The minimum Gasteiger partial charge on any atom is -0.469 e. The molecule has 1 saturated heterocycles. The molecule has 0 aromatic carbocycles. The largest absolute Gasteiger partial charge is 0.469 e. The van der Waals surface area contributed by atoms with Crippen LogP contribution >= 0.6 is 15.9 Å². The standard InChI is InChI=1S/C21H31BrN2O3/c1-27-21(26)9-8-18(19-4-3-13-23-16-19)7-6-17-10-14-24(15-11-17)20(25)5-2-12-22/h3-4,13,16-18H,2,5-12,14-15H2,1H3. The maximum Gasteiger partial charge on any atom is 0.305 e. The topological polar surface area (TPSA) is 59.5 Å². The second kappa shape index (κ2) is 12.1. The summed E-state index contributed by atoms with van der Waals surface area (Å²) >= 11 is 3.39. The predicted octanol–water partition coefficient (Wildman–Crippen LogP) is 4.31. The summed E-state index contributed by atoms with van der Waals surface area (Å²) in [6.45, 7) is 1.76. The number of ether oxygens (including phenoxy) is 1. The molecule has 1 aromatic heterocycles. The lowest BCUT2D eigenvalue weighted by Crippen LogP contribution is -2.38. The van der Waals surface area contributed by atoms with Crippen molar-refractivity contribution >= 4 is 27.8 Å².